The summed E-state index contributed by atoms with van der Waals surface area (Å²) in [5, 5.41) is 10.3. The summed E-state index contributed by atoms with van der Waals surface area (Å²) >= 11 is 7.30. The van der Waals surface area contributed by atoms with Gasteiger partial charge in [-0.3, -0.25) is 9.69 Å². The van der Waals surface area contributed by atoms with Crippen molar-refractivity contribution < 1.29 is 9.90 Å². The van der Waals surface area contributed by atoms with E-state index in [1.165, 1.54) is 24.2 Å². The van der Waals surface area contributed by atoms with Crippen LogP contribution in [0.3, 0.4) is 0 Å². The standard InChI is InChI=1S/C12H15ClN2O2S/c13-9-4-14-10(18-9)6-15-5-7-2-1-3-8(7)11(15)12(16)17/h4,7-8,11H,1-3,5-6H2,(H,16,17). The van der Waals surface area contributed by atoms with Crippen molar-refractivity contribution in [1.29, 1.82) is 0 Å². The van der Waals surface area contributed by atoms with Crippen LogP contribution in [0.15, 0.2) is 6.20 Å². The van der Waals surface area contributed by atoms with E-state index in [9.17, 15) is 9.90 Å². The summed E-state index contributed by atoms with van der Waals surface area (Å²) in [7, 11) is 0. The molecule has 3 atom stereocenters. The minimum Gasteiger partial charge on any atom is -0.480 e. The Hall–Kier alpha value is -0.650. The Kier molecular flexibility index (Phi) is 3.30. The Balaban J connectivity index is 1.77. The maximum absolute atomic E-state index is 11.5. The Bertz CT molecular complexity index is 465. The summed E-state index contributed by atoms with van der Waals surface area (Å²) in [4.78, 5) is 17.7. The summed E-state index contributed by atoms with van der Waals surface area (Å²) in [5.74, 6) is 0.200. The van der Waals surface area contributed by atoms with Crippen LogP contribution in [0.4, 0.5) is 0 Å². The van der Waals surface area contributed by atoms with E-state index >= 15 is 0 Å². The molecule has 6 heteroatoms. The summed E-state index contributed by atoms with van der Waals surface area (Å²) in [6.45, 7) is 1.50. The number of carbonyl (C=O) groups is 1. The molecule has 1 saturated heterocycles. The minimum absolute atomic E-state index is 0.331. The third-order valence-electron chi connectivity index (χ3n) is 4.10. The van der Waals surface area contributed by atoms with Crippen molar-refractivity contribution in [3.8, 4) is 0 Å². The lowest BCUT2D eigenvalue weighted by Gasteiger charge is -2.22. The first-order valence-corrected chi connectivity index (χ1v) is 7.41. The molecule has 2 aliphatic rings. The smallest absolute Gasteiger partial charge is 0.321 e. The first-order chi connectivity index (χ1) is 8.65. The van der Waals surface area contributed by atoms with E-state index in [4.69, 9.17) is 11.6 Å². The van der Waals surface area contributed by atoms with Crippen molar-refractivity contribution in [1.82, 2.24) is 9.88 Å². The molecule has 0 aromatic carbocycles. The van der Waals surface area contributed by atoms with Crippen molar-refractivity contribution in [3.05, 3.63) is 15.5 Å². The lowest BCUT2D eigenvalue weighted by atomic mass is 9.94. The molecule has 1 aromatic rings. The van der Waals surface area contributed by atoms with Gasteiger partial charge in [-0.1, -0.05) is 18.0 Å². The molecule has 0 spiro atoms. The number of rotatable bonds is 3. The number of aromatic nitrogens is 1. The van der Waals surface area contributed by atoms with Crippen molar-refractivity contribution in [3.63, 3.8) is 0 Å². The summed E-state index contributed by atoms with van der Waals surface area (Å²) < 4.78 is 0.663. The molecule has 3 rings (SSSR count). The van der Waals surface area contributed by atoms with Gasteiger partial charge in [0, 0.05) is 6.54 Å². The fourth-order valence-electron chi connectivity index (χ4n) is 3.43. The van der Waals surface area contributed by atoms with Crippen LogP contribution in [0.2, 0.25) is 4.34 Å². The molecular formula is C12H15ClN2O2S. The summed E-state index contributed by atoms with van der Waals surface area (Å²) in [6, 6.07) is -0.333. The average molecular weight is 287 g/mol. The van der Waals surface area contributed by atoms with Crippen LogP contribution in [-0.4, -0.2) is 33.5 Å². The van der Waals surface area contributed by atoms with Crippen molar-refractivity contribution in [2.75, 3.05) is 6.54 Å². The number of thiazole rings is 1. The fourth-order valence-corrected chi connectivity index (χ4v) is 4.41. The molecule has 1 aliphatic heterocycles. The summed E-state index contributed by atoms with van der Waals surface area (Å²) in [5.41, 5.74) is 0. The third kappa shape index (κ3) is 2.15. The lowest BCUT2D eigenvalue weighted by Crippen LogP contribution is -2.39. The van der Waals surface area contributed by atoms with Gasteiger partial charge in [0.1, 0.15) is 15.4 Å². The number of likely N-dealkylation sites (tertiary alicyclic amines) is 1. The molecule has 0 bridgehead atoms. The highest BCUT2D eigenvalue weighted by molar-refractivity contribution is 7.15. The zero-order chi connectivity index (χ0) is 12.7. The number of nitrogens with zero attached hydrogens (tertiary/aromatic N) is 2. The Morgan fingerprint density at radius 3 is 3.11 bits per heavy atom. The third-order valence-corrected chi connectivity index (χ3v) is 5.20. The topological polar surface area (TPSA) is 53.4 Å². The van der Waals surface area contributed by atoms with Gasteiger partial charge in [0.05, 0.1) is 12.7 Å². The highest BCUT2D eigenvalue weighted by Crippen LogP contribution is 2.42. The molecule has 98 valence electrons. The van der Waals surface area contributed by atoms with E-state index in [0.717, 1.165) is 18.0 Å². The van der Waals surface area contributed by atoms with E-state index in [1.54, 1.807) is 6.20 Å². The maximum Gasteiger partial charge on any atom is 0.321 e. The first kappa shape index (κ1) is 12.4. The second kappa shape index (κ2) is 4.79. The van der Waals surface area contributed by atoms with Gasteiger partial charge in [0.15, 0.2) is 0 Å². The molecule has 3 unspecified atom stereocenters. The Morgan fingerprint density at radius 1 is 1.61 bits per heavy atom. The number of carboxylic acid groups (broad SMARTS) is 1. The van der Waals surface area contributed by atoms with Gasteiger partial charge in [-0.05, 0) is 24.7 Å². The highest BCUT2D eigenvalue weighted by Gasteiger charge is 2.47. The van der Waals surface area contributed by atoms with Gasteiger partial charge >= 0.3 is 5.97 Å². The van der Waals surface area contributed by atoms with Gasteiger partial charge in [-0.15, -0.1) is 11.3 Å². The van der Waals surface area contributed by atoms with Crippen LogP contribution in [0.5, 0.6) is 0 Å². The molecule has 2 fully saturated rings. The van der Waals surface area contributed by atoms with E-state index in [2.05, 4.69) is 9.88 Å². The maximum atomic E-state index is 11.5. The van der Waals surface area contributed by atoms with Gasteiger partial charge < -0.3 is 5.11 Å². The zero-order valence-electron chi connectivity index (χ0n) is 9.88. The van der Waals surface area contributed by atoms with Crippen LogP contribution in [0, 0.1) is 11.8 Å². The van der Waals surface area contributed by atoms with E-state index in [1.807, 2.05) is 0 Å². The average Bonchev–Trinajstić information content (AvgIpc) is 2.93. The van der Waals surface area contributed by atoms with Gasteiger partial charge in [-0.2, -0.15) is 0 Å². The predicted molar refractivity (Wildman–Crippen MR) is 69.8 cm³/mol. The minimum atomic E-state index is -0.688. The lowest BCUT2D eigenvalue weighted by molar-refractivity contribution is -0.143. The Labute approximate surface area is 115 Å². The normalized spacial score (nSPS) is 31.7. The largest absolute Gasteiger partial charge is 0.480 e. The Morgan fingerprint density at radius 2 is 2.44 bits per heavy atom. The first-order valence-electron chi connectivity index (χ1n) is 6.22. The molecule has 1 N–H and O–H groups in total. The van der Waals surface area contributed by atoms with E-state index in [-0.39, 0.29) is 6.04 Å². The molecule has 4 nitrogen and oxygen atoms in total. The van der Waals surface area contributed by atoms with Crippen molar-refractivity contribution in [2.24, 2.45) is 11.8 Å². The number of hydrogen-bond donors (Lipinski definition) is 1. The van der Waals surface area contributed by atoms with E-state index < -0.39 is 5.97 Å². The molecule has 18 heavy (non-hydrogen) atoms. The number of hydrogen-bond acceptors (Lipinski definition) is 4. The highest BCUT2D eigenvalue weighted by atomic mass is 35.5. The fraction of sp³-hybridized carbons (Fsp3) is 0.667. The van der Waals surface area contributed by atoms with Crippen LogP contribution in [-0.2, 0) is 11.3 Å². The summed E-state index contributed by atoms with van der Waals surface area (Å²) in [6.07, 6.45) is 5.03. The number of carboxylic acids is 1. The molecule has 1 saturated carbocycles. The molecule has 2 heterocycles. The zero-order valence-corrected chi connectivity index (χ0v) is 11.5. The van der Waals surface area contributed by atoms with Crippen LogP contribution in [0.25, 0.3) is 0 Å². The second-order valence-corrected chi connectivity index (χ2v) is 6.87. The molecule has 0 amide bonds. The van der Waals surface area contributed by atoms with Gasteiger partial charge in [0.25, 0.3) is 0 Å². The molecule has 1 aromatic heterocycles. The monoisotopic (exact) mass is 286 g/mol. The SMILES string of the molecule is O=C(O)C1C2CCCC2CN1Cc1ncc(Cl)s1. The number of halogens is 1. The quantitative estimate of drug-likeness (QED) is 0.927. The van der Waals surface area contributed by atoms with Gasteiger partial charge in [-0.25, -0.2) is 4.98 Å². The second-order valence-electron chi connectivity index (χ2n) is 5.13. The van der Waals surface area contributed by atoms with Crippen LogP contribution in [0.1, 0.15) is 24.3 Å². The van der Waals surface area contributed by atoms with Gasteiger partial charge in [0.2, 0.25) is 0 Å². The predicted octanol–water partition coefficient (Wildman–Crippen LogP) is 2.48. The molecule has 1 aliphatic carbocycles. The van der Waals surface area contributed by atoms with Crippen LogP contribution < -0.4 is 0 Å². The molecular weight excluding hydrogens is 272 g/mol. The number of fused-ring (bicyclic) bond motifs is 1. The van der Waals surface area contributed by atoms with Crippen molar-refractivity contribution in [2.45, 2.75) is 31.8 Å². The molecule has 0 radical (unpaired) electrons. The van der Waals surface area contributed by atoms with Crippen molar-refractivity contribution >= 4 is 28.9 Å². The van der Waals surface area contributed by atoms with Crippen LogP contribution >= 0.6 is 22.9 Å². The van der Waals surface area contributed by atoms with E-state index in [0.29, 0.717) is 22.7 Å². The number of aliphatic carboxylic acids is 1.